The van der Waals surface area contributed by atoms with Gasteiger partial charge in [-0.3, -0.25) is 0 Å². The van der Waals surface area contributed by atoms with Gasteiger partial charge in [0.2, 0.25) is 11.8 Å². The maximum atomic E-state index is 13.1. The first-order chi connectivity index (χ1) is 14.1. The number of anilines is 2. The van der Waals surface area contributed by atoms with Gasteiger partial charge >= 0.3 is 0 Å². The van der Waals surface area contributed by atoms with E-state index in [4.69, 9.17) is 4.74 Å². The van der Waals surface area contributed by atoms with Crippen molar-refractivity contribution in [1.82, 2.24) is 15.0 Å². The maximum Gasteiger partial charge on any atom is 0.278 e. The van der Waals surface area contributed by atoms with Gasteiger partial charge in [-0.1, -0.05) is 19.9 Å². The largest absolute Gasteiger partial charge is 0.471 e. The van der Waals surface area contributed by atoms with Crippen LogP contribution in [0.2, 0.25) is 0 Å². The predicted molar refractivity (Wildman–Crippen MR) is 106 cm³/mol. The molecular weight excluding hydrogens is 394 g/mol. The molecule has 0 radical (unpaired) electrons. The minimum Gasteiger partial charge on any atom is -0.471 e. The number of halogens is 2. The molecule has 2 aromatic heterocycles. The SMILES string of the molecule is CC(F)(F)COc1ncccc1CNc1ncc(C#N)c(N[C@@H]2C[C@H](O)C2(C)C)n1. The van der Waals surface area contributed by atoms with Gasteiger partial charge in [0.15, 0.2) is 6.61 Å². The molecule has 1 fully saturated rings. The number of ether oxygens (including phenoxy) is 1. The summed E-state index contributed by atoms with van der Waals surface area (Å²) in [5, 5.41) is 25.5. The fourth-order valence-electron chi connectivity index (χ4n) is 3.03. The highest BCUT2D eigenvalue weighted by molar-refractivity contribution is 5.54. The lowest BCUT2D eigenvalue weighted by molar-refractivity contribution is -0.0511. The minimum absolute atomic E-state index is 0.0311. The monoisotopic (exact) mass is 418 g/mol. The Morgan fingerprint density at radius 1 is 1.40 bits per heavy atom. The van der Waals surface area contributed by atoms with E-state index in [0.29, 0.717) is 17.8 Å². The number of alkyl halides is 2. The molecule has 3 rings (SSSR count). The van der Waals surface area contributed by atoms with Gasteiger partial charge in [-0.25, -0.2) is 18.7 Å². The Hall–Kier alpha value is -3.06. The smallest absolute Gasteiger partial charge is 0.278 e. The van der Waals surface area contributed by atoms with Gasteiger partial charge in [0.1, 0.15) is 17.5 Å². The van der Waals surface area contributed by atoms with Crippen LogP contribution in [0.15, 0.2) is 24.5 Å². The Kier molecular flexibility index (Phi) is 6.03. The van der Waals surface area contributed by atoms with Crippen LogP contribution in [-0.2, 0) is 6.54 Å². The van der Waals surface area contributed by atoms with Gasteiger partial charge < -0.3 is 20.5 Å². The first-order valence-electron chi connectivity index (χ1n) is 9.50. The third-order valence-corrected chi connectivity index (χ3v) is 5.19. The van der Waals surface area contributed by atoms with Gasteiger partial charge in [0.25, 0.3) is 5.92 Å². The first-order valence-corrected chi connectivity index (χ1v) is 9.50. The second-order valence-corrected chi connectivity index (χ2v) is 8.02. The molecule has 1 aliphatic rings. The van der Waals surface area contributed by atoms with Gasteiger partial charge in [-0.15, -0.1) is 0 Å². The summed E-state index contributed by atoms with van der Waals surface area (Å²) in [5.74, 6) is -2.25. The van der Waals surface area contributed by atoms with Crippen molar-refractivity contribution in [3.05, 3.63) is 35.7 Å². The molecule has 0 spiro atoms. The van der Waals surface area contributed by atoms with E-state index < -0.39 is 18.6 Å². The summed E-state index contributed by atoms with van der Waals surface area (Å²) in [6.07, 6.45) is 3.00. The number of aliphatic hydroxyl groups is 1. The third kappa shape index (κ3) is 4.91. The second kappa shape index (κ2) is 8.36. The van der Waals surface area contributed by atoms with E-state index in [-0.39, 0.29) is 35.4 Å². The molecule has 0 saturated heterocycles. The first kappa shape index (κ1) is 21.6. The van der Waals surface area contributed by atoms with Crippen LogP contribution in [0, 0.1) is 16.7 Å². The minimum atomic E-state index is -2.97. The Balaban J connectivity index is 1.70. The number of pyridine rings is 1. The van der Waals surface area contributed by atoms with Crippen LogP contribution in [0.3, 0.4) is 0 Å². The maximum absolute atomic E-state index is 13.1. The van der Waals surface area contributed by atoms with Crippen molar-refractivity contribution in [3.8, 4) is 11.9 Å². The predicted octanol–water partition coefficient (Wildman–Crippen LogP) is 2.96. The Morgan fingerprint density at radius 2 is 2.17 bits per heavy atom. The normalized spacial score (nSPS) is 20.0. The molecule has 2 atom stereocenters. The third-order valence-electron chi connectivity index (χ3n) is 5.19. The molecule has 3 N–H and O–H groups in total. The Bertz CT molecular complexity index is 942. The molecular formula is C20H24F2N6O2. The zero-order valence-electron chi connectivity index (χ0n) is 17.0. The molecule has 0 aliphatic heterocycles. The van der Waals surface area contributed by atoms with E-state index in [1.165, 1.54) is 12.4 Å². The van der Waals surface area contributed by atoms with Crippen molar-refractivity contribution in [2.24, 2.45) is 5.41 Å². The van der Waals surface area contributed by atoms with Gasteiger partial charge in [0, 0.05) is 36.7 Å². The lowest BCUT2D eigenvalue weighted by atomic mass is 9.64. The van der Waals surface area contributed by atoms with Crippen LogP contribution in [-0.4, -0.2) is 44.7 Å². The number of hydrogen-bond donors (Lipinski definition) is 3. The number of aliphatic hydroxyl groups excluding tert-OH is 1. The van der Waals surface area contributed by atoms with Crippen molar-refractivity contribution in [1.29, 1.82) is 5.26 Å². The fourth-order valence-corrected chi connectivity index (χ4v) is 3.03. The standard InChI is InChI=1S/C20H24F2N6O2/c1-19(2)14(7-15(19)29)27-16-13(8-23)10-26-18(28-16)25-9-12-5-4-6-24-17(12)30-11-20(3,21)22/h4-6,10,14-15,29H,7,9,11H2,1-3H3,(H2,25,26,27,28)/t14-,15+/m1/s1. The molecule has 0 unspecified atom stereocenters. The second-order valence-electron chi connectivity index (χ2n) is 8.02. The van der Waals surface area contributed by atoms with Gasteiger partial charge in [-0.2, -0.15) is 10.2 Å². The molecule has 1 aliphatic carbocycles. The lowest BCUT2D eigenvalue weighted by Crippen LogP contribution is -2.57. The summed E-state index contributed by atoms with van der Waals surface area (Å²) in [4.78, 5) is 12.5. The fraction of sp³-hybridized carbons (Fsp3) is 0.500. The highest BCUT2D eigenvalue weighted by Gasteiger charge is 2.47. The quantitative estimate of drug-likeness (QED) is 0.599. The van der Waals surface area contributed by atoms with E-state index in [0.717, 1.165) is 6.92 Å². The van der Waals surface area contributed by atoms with Crippen LogP contribution in [0.4, 0.5) is 20.5 Å². The van der Waals surface area contributed by atoms with Crippen molar-refractivity contribution in [3.63, 3.8) is 0 Å². The van der Waals surface area contributed by atoms with Crippen LogP contribution in [0.25, 0.3) is 0 Å². The highest BCUT2D eigenvalue weighted by Crippen LogP contribution is 2.42. The molecule has 2 heterocycles. The number of aromatic nitrogens is 3. The van der Waals surface area contributed by atoms with Crippen molar-refractivity contribution in [2.75, 3.05) is 17.2 Å². The summed E-state index contributed by atoms with van der Waals surface area (Å²) < 4.78 is 31.3. The molecule has 160 valence electrons. The van der Waals surface area contributed by atoms with Gasteiger partial charge in [-0.05, 0) is 12.5 Å². The van der Waals surface area contributed by atoms with Crippen LogP contribution in [0.5, 0.6) is 5.88 Å². The summed E-state index contributed by atoms with van der Waals surface area (Å²) in [7, 11) is 0. The van der Waals surface area contributed by atoms with Crippen LogP contribution in [0.1, 0.15) is 38.3 Å². The van der Waals surface area contributed by atoms with Crippen molar-refractivity contribution >= 4 is 11.8 Å². The van der Waals surface area contributed by atoms with E-state index in [1.807, 2.05) is 19.9 Å². The Labute approximate surface area is 173 Å². The number of nitrogens with one attached hydrogen (secondary N) is 2. The van der Waals surface area contributed by atoms with Crippen LogP contribution >= 0.6 is 0 Å². The average Bonchev–Trinajstić information content (AvgIpc) is 2.70. The molecule has 30 heavy (non-hydrogen) atoms. The van der Waals surface area contributed by atoms with E-state index in [1.54, 1.807) is 12.1 Å². The zero-order valence-corrected chi connectivity index (χ0v) is 17.0. The summed E-state index contributed by atoms with van der Waals surface area (Å²) >= 11 is 0. The Morgan fingerprint density at radius 3 is 2.80 bits per heavy atom. The number of rotatable bonds is 8. The molecule has 10 heteroatoms. The topological polar surface area (TPSA) is 116 Å². The summed E-state index contributed by atoms with van der Waals surface area (Å²) in [5.41, 5.74) is 0.509. The summed E-state index contributed by atoms with van der Waals surface area (Å²) in [6.45, 7) is 4.07. The molecule has 2 aromatic rings. The number of hydrogen-bond acceptors (Lipinski definition) is 8. The zero-order chi connectivity index (χ0) is 21.9. The van der Waals surface area contributed by atoms with Crippen molar-refractivity contribution in [2.45, 2.75) is 51.8 Å². The number of nitriles is 1. The van der Waals surface area contributed by atoms with Gasteiger partial charge in [0.05, 0.1) is 12.3 Å². The van der Waals surface area contributed by atoms with Crippen molar-refractivity contribution < 1.29 is 18.6 Å². The number of nitrogens with zero attached hydrogens (tertiary/aromatic N) is 4. The molecule has 0 bridgehead atoms. The van der Waals surface area contributed by atoms with E-state index >= 15 is 0 Å². The highest BCUT2D eigenvalue weighted by atomic mass is 19.3. The van der Waals surface area contributed by atoms with Crippen LogP contribution < -0.4 is 15.4 Å². The molecule has 1 saturated carbocycles. The lowest BCUT2D eigenvalue weighted by Gasteiger charge is -2.49. The summed E-state index contributed by atoms with van der Waals surface area (Å²) in [6, 6.07) is 5.39. The average molecular weight is 418 g/mol. The molecule has 8 nitrogen and oxygen atoms in total. The van der Waals surface area contributed by atoms with E-state index in [2.05, 4.69) is 25.6 Å². The van der Waals surface area contributed by atoms with E-state index in [9.17, 15) is 19.1 Å². The molecule has 0 aromatic carbocycles. The molecule has 0 amide bonds.